The minimum Gasteiger partial charge on any atom is -0.340 e. The molecule has 136 valence electrons. The van der Waals surface area contributed by atoms with Gasteiger partial charge in [0.2, 0.25) is 5.95 Å². The molecule has 1 N–H and O–H groups in total. The maximum atomic E-state index is 13.0. The number of amides is 1. The number of thiazole rings is 1. The zero-order valence-electron chi connectivity index (χ0n) is 14.3. The Hall–Kier alpha value is -2.06. The van der Waals surface area contributed by atoms with Crippen LogP contribution in [-0.4, -0.2) is 52.5 Å². The number of carbonyl (C=O) groups excluding carboxylic acids is 1. The van der Waals surface area contributed by atoms with Crippen molar-refractivity contribution in [2.45, 2.75) is 37.9 Å². The summed E-state index contributed by atoms with van der Waals surface area (Å²) in [5.41, 5.74) is 1.56. The van der Waals surface area contributed by atoms with Crippen molar-refractivity contribution in [2.75, 3.05) is 24.5 Å². The third-order valence-electron chi connectivity index (χ3n) is 5.58. The Kier molecular flexibility index (Phi) is 3.90. The standard InChI is InChI=1S/C18H20FN5OS/c19-16-4-1-11(7-21-16)17(25)23-6-5-14-15(10-23)26-18(22-14)24-12-2-3-13(24)9-20-8-12/h1,4,7,12-13,20H,2-3,5-6,8-10H2. The summed E-state index contributed by atoms with van der Waals surface area (Å²) in [5, 5.41) is 4.61. The number of nitrogens with one attached hydrogen (secondary N) is 1. The molecule has 2 aromatic heterocycles. The van der Waals surface area contributed by atoms with E-state index in [1.807, 2.05) is 4.90 Å². The molecule has 2 aromatic rings. The van der Waals surface area contributed by atoms with Crippen molar-refractivity contribution >= 4 is 22.4 Å². The van der Waals surface area contributed by atoms with E-state index in [0.29, 0.717) is 30.7 Å². The lowest BCUT2D eigenvalue weighted by atomic mass is 10.1. The number of rotatable bonds is 2. The van der Waals surface area contributed by atoms with Crippen LogP contribution in [0, 0.1) is 5.95 Å². The van der Waals surface area contributed by atoms with Crippen LogP contribution in [0.5, 0.6) is 0 Å². The summed E-state index contributed by atoms with van der Waals surface area (Å²) in [6, 6.07) is 3.82. The number of carbonyl (C=O) groups is 1. The summed E-state index contributed by atoms with van der Waals surface area (Å²) in [6.07, 6.45) is 4.53. The van der Waals surface area contributed by atoms with E-state index in [1.54, 1.807) is 11.3 Å². The number of piperazine rings is 1. The molecule has 3 aliphatic rings. The Morgan fingerprint density at radius 3 is 2.81 bits per heavy atom. The molecule has 2 unspecified atom stereocenters. The highest BCUT2D eigenvalue weighted by Gasteiger charge is 2.39. The first kappa shape index (κ1) is 16.1. The van der Waals surface area contributed by atoms with Crippen molar-refractivity contribution in [2.24, 2.45) is 0 Å². The van der Waals surface area contributed by atoms with Gasteiger partial charge >= 0.3 is 0 Å². The summed E-state index contributed by atoms with van der Waals surface area (Å²) >= 11 is 1.73. The van der Waals surface area contributed by atoms with E-state index >= 15 is 0 Å². The minimum absolute atomic E-state index is 0.0969. The lowest BCUT2D eigenvalue weighted by Crippen LogP contribution is -2.51. The van der Waals surface area contributed by atoms with Crippen molar-refractivity contribution < 1.29 is 9.18 Å². The molecule has 2 bridgehead atoms. The zero-order valence-corrected chi connectivity index (χ0v) is 15.1. The first-order chi connectivity index (χ1) is 12.7. The zero-order chi connectivity index (χ0) is 17.7. The monoisotopic (exact) mass is 373 g/mol. The normalized spacial score (nSPS) is 24.7. The molecule has 3 aliphatic heterocycles. The SMILES string of the molecule is O=C(c1ccc(F)nc1)N1CCc2nc(N3C4CCC3CNC4)sc2C1. The predicted octanol–water partition coefficient (Wildman–Crippen LogP) is 1.82. The molecule has 1 amide bonds. The van der Waals surface area contributed by atoms with E-state index in [9.17, 15) is 9.18 Å². The topological polar surface area (TPSA) is 61.4 Å². The Morgan fingerprint density at radius 1 is 1.27 bits per heavy atom. The number of hydrogen-bond acceptors (Lipinski definition) is 6. The molecule has 0 saturated carbocycles. The predicted molar refractivity (Wildman–Crippen MR) is 96.9 cm³/mol. The molecular weight excluding hydrogens is 353 g/mol. The van der Waals surface area contributed by atoms with Gasteiger partial charge in [0.25, 0.3) is 5.91 Å². The first-order valence-electron chi connectivity index (χ1n) is 9.07. The fourth-order valence-corrected chi connectivity index (χ4v) is 5.51. The Morgan fingerprint density at radius 2 is 2.08 bits per heavy atom. The maximum Gasteiger partial charge on any atom is 0.255 e. The van der Waals surface area contributed by atoms with Gasteiger partial charge in [-0.05, 0) is 25.0 Å². The largest absolute Gasteiger partial charge is 0.340 e. The first-order valence-corrected chi connectivity index (χ1v) is 9.89. The molecular formula is C18H20FN5OS. The fourth-order valence-electron chi connectivity index (χ4n) is 4.24. The molecule has 26 heavy (non-hydrogen) atoms. The van der Waals surface area contributed by atoms with Gasteiger partial charge in [0.05, 0.1) is 17.8 Å². The van der Waals surface area contributed by atoms with Gasteiger partial charge in [-0.3, -0.25) is 4.79 Å². The highest BCUT2D eigenvalue weighted by molar-refractivity contribution is 7.15. The molecule has 2 fully saturated rings. The maximum absolute atomic E-state index is 13.0. The van der Waals surface area contributed by atoms with Crippen LogP contribution < -0.4 is 10.2 Å². The number of nitrogens with zero attached hydrogens (tertiary/aromatic N) is 4. The van der Waals surface area contributed by atoms with Crippen molar-refractivity contribution in [3.8, 4) is 0 Å². The van der Waals surface area contributed by atoms with Gasteiger partial charge in [-0.15, -0.1) is 0 Å². The van der Waals surface area contributed by atoms with E-state index in [1.165, 1.54) is 36.0 Å². The summed E-state index contributed by atoms with van der Waals surface area (Å²) in [7, 11) is 0. The molecule has 0 aromatic carbocycles. The highest BCUT2D eigenvalue weighted by atomic mass is 32.1. The Labute approximate surface area is 155 Å². The molecule has 0 aliphatic carbocycles. The molecule has 5 heterocycles. The van der Waals surface area contributed by atoms with Crippen molar-refractivity contribution in [3.63, 3.8) is 0 Å². The van der Waals surface area contributed by atoms with Crippen molar-refractivity contribution in [1.29, 1.82) is 0 Å². The van der Waals surface area contributed by atoms with Crippen LogP contribution in [0.4, 0.5) is 9.52 Å². The second-order valence-electron chi connectivity index (χ2n) is 7.16. The molecule has 2 atom stereocenters. The van der Waals surface area contributed by atoms with Crippen molar-refractivity contribution in [3.05, 3.63) is 40.4 Å². The third kappa shape index (κ3) is 2.68. The second-order valence-corrected chi connectivity index (χ2v) is 8.23. The number of pyridine rings is 1. The smallest absolute Gasteiger partial charge is 0.255 e. The molecule has 2 saturated heterocycles. The number of anilines is 1. The van der Waals surface area contributed by atoms with Gasteiger partial charge in [-0.2, -0.15) is 4.39 Å². The van der Waals surface area contributed by atoms with Gasteiger partial charge in [0.1, 0.15) is 0 Å². The number of halogens is 1. The molecule has 0 spiro atoms. The number of aromatic nitrogens is 2. The average molecular weight is 373 g/mol. The van der Waals surface area contributed by atoms with E-state index in [-0.39, 0.29) is 5.91 Å². The average Bonchev–Trinajstić information content (AvgIpc) is 3.18. The van der Waals surface area contributed by atoms with Crippen LogP contribution >= 0.6 is 11.3 Å². The van der Waals surface area contributed by atoms with Gasteiger partial charge < -0.3 is 15.1 Å². The fraction of sp³-hybridized carbons (Fsp3) is 0.500. The summed E-state index contributed by atoms with van der Waals surface area (Å²) in [4.78, 5) is 26.7. The van der Waals surface area contributed by atoms with Crippen LogP contribution in [0.2, 0.25) is 0 Å². The summed E-state index contributed by atoms with van der Waals surface area (Å²) < 4.78 is 13.0. The van der Waals surface area contributed by atoms with Crippen LogP contribution in [0.1, 0.15) is 33.8 Å². The van der Waals surface area contributed by atoms with Crippen LogP contribution in [0.15, 0.2) is 18.3 Å². The lowest BCUT2D eigenvalue weighted by Gasteiger charge is -2.35. The van der Waals surface area contributed by atoms with Gasteiger partial charge in [-0.1, -0.05) is 11.3 Å². The quantitative estimate of drug-likeness (QED) is 0.814. The van der Waals surface area contributed by atoms with E-state index < -0.39 is 5.95 Å². The van der Waals surface area contributed by atoms with Crippen molar-refractivity contribution in [1.82, 2.24) is 20.2 Å². The van der Waals surface area contributed by atoms with E-state index in [4.69, 9.17) is 4.98 Å². The van der Waals surface area contributed by atoms with Crippen LogP contribution in [0.3, 0.4) is 0 Å². The van der Waals surface area contributed by atoms with Crippen LogP contribution in [0.25, 0.3) is 0 Å². The van der Waals surface area contributed by atoms with Gasteiger partial charge in [0.15, 0.2) is 5.13 Å². The van der Waals surface area contributed by atoms with Gasteiger partial charge in [0, 0.05) is 49.2 Å². The molecule has 5 rings (SSSR count). The molecule has 6 nitrogen and oxygen atoms in total. The molecule has 8 heteroatoms. The number of hydrogen-bond donors (Lipinski definition) is 1. The minimum atomic E-state index is -0.569. The van der Waals surface area contributed by atoms with E-state index in [2.05, 4.69) is 15.2 Å². The summed E-state index contributed by atoms with van der Waals surface area (Å²) in [6.45, 7) is 3.28. The number of fused-ring (bicyclic) bond motifs is 3. The van der Waals surface area contributed by atoms with E-state index in [0.717, 1.165) is 30.3 Å². The van der Waals surface area contributed by atoms with Crippen LogP contribution in [-0.2, 0) is 13.0 Å². The summed E-state index contributed by atoms with van der Waals surface area (Å²) in [5.74, 6) is -0.666. The third-order valence-corrected chi connectivity index (χ3v) is 6.68. The Balaban J connectivity index is 1.36. The Bertz CT molecular complexity index is 823. The molecule has 0 radical (unpaired) electrons. The lowest BCUT2D eigenvalue weighted by molar-refractivity contribution is 0.0735. The highest BCUT2D eigenvalue weighted by Crippen LogP contribution is 2.38. The second kappa shape index (κ2) is 6.28. The van der Waals surface area contributed by atoms with Gasteiger partial charge in [-0.25, -0.2) is 9.97 Å².